The summed E-state index contributed by atoms with van der Waals surface area (Å²) in [5.74, 6) is -0.375. The molecule has 1 aromatic heterocycles. The van der Waals surface area contributed by atoms with Crippen LogP contribution in [0.15, 0.2) is 39.1 Å². The zero-order chi connectivity index (χ0) is 19.5. The number of anilines is 1. The fourth-order valence-corrected chi connectivity index (χ4v) is 4.53. The number of carbonyl (C=O) groups excluding carboxylic acids is 1. The van der Waals surface area contributed by atoms with Crippen LogP contribution < -0.4 is 16.6 Å². The molecule has 0 radical (unpaired) electrons. The van der Waals surface area contributed by atoms with Gasteiger partial charge in [0.05, 0.1) is 11.3 Å². The average Bonchev–Trinajstić information content (AvgIpc) is 2.53. The number of aromatic amines is 2. The maximum atomic E-state index is 12.8. The monoisotopic (exact) mass is 405 g/mol. The first-order valence-electron chi connectivity index (χ1n) is 8.51. The zero-order valence-electron chi connectivity index (χ0n) is 14.7. The molecule has 2 heterocycles. The number of hydrogen-bond donors (Lipinski definition) is 3. The number of nitrogens with one attached hydrogen (secondary N) is 3. The second kappa shape index (κ2) is 6.11. The average molecular weight is 406 g/mol. The van der Waals surface area contributed by atoms with Crippen LogP contribution in [0.1, 0.15) is 43.7 Å². The van der Waals surface area contributed by atoms with E-state index in [2.05, 4.69) is 15.3 Å². The zero-order valence-corrected chi connectivity index (χ0v) is 16.2. The molecule has 1 aliphatic heterocycles. The second-order valence-corrected chi connectivity index (χ2v) is 8.61. The van der Waals surface area contributed by atoms with E-state index in [0.717, 1.165) is 5.57 Å². The number of aromatic nitrogens is 2. The summed E-state index contributed by atoms with van der Waals surface area (Å²) in [6.45, 7) is 4.03. The molecule has 8 heteroatoms. The normalized spacial score (nSPS) is 20.7. The molecular formula is C19H17Cl2N3O3. The van der Waals surface area contributed by atoms with Gasteiger partial charge in [-0.05, 0) is 35.1 Å². The maximum Gasteiger partial charge on any atom is 0.327 e. The SMILES string of the molecule is CC1(C)CC(=O)C2=C(C1)[C@H](c1ccc(Cl)cc1Cl)c1c([nH]c(=O)[nH]c1=O)N2. The smallest absolute Gasteiger partial charge is 0.327 e. The van der Waals surface area contributed by atoms with E-state index >= 15 is 0 Å². The van der Waals surface area contributed by atoms with Crippen LogP contribution in [0.25, 0.3) is 0 Å². The van der Waals surface area contributed by atoms with Crippen molar-refractivity contribution in [1.29, 1.82) is 0 Å². The highest BCUT2D eigenvalue weighted by molar-refractivity contribution is 6.35. The third-order valence-electron chi connectivity index (χ3n) is 5.05. The molecule has 27 heavy (non-hydrogen) atoms. The van der Waals surface area contributed by atoms with Crippen molar-refractivity contribution in [3.63, 3.8) is 0 Å². The largest absolute Gasteiger partial charge is 0.338 e. The van der Waals surface area contributed by atoms with Gasteiger partial charge in [0.2, 0.25) is 0 Å². The molecule has 0 bridgehead atoms. The molecule has 0 spiro atoms. The number of H-pyrrole nitrogens is 2. The lowest BCUT2D eigenvalue weighted by atomic mass is 9.68. The molecule has 2 aliphatic rings. The molecule has 6 nitrogen and oxygen atoms in total. The molecule has 3 N–H and O–H groups in total. The van der Waals surface area contributed by atoms with E-state index in [0.29, 0.717) is 39.7 Å². The lowest BCUT2D eigenvalue weighted by molar-refractivity contribution is -0.118. The van der Waals surface area contributed by atoms with E-state index in [-0.39, 0.29) is 17.0 Å². The van der Waals surface area contributed by atoms with E-state index in [9.17, 15) is 14.4 Å². The van der Waals surface area contributed by atoms with E-state index in [1.807, 2.05) is 13.8 Å². The molecule has 1 atom stereocenters. The van der Waals surface area contributed by atoms with Crippen LogP contribution in [0, 0.1) is 5.41 Å². The molecule has 0 amide bonds. The Morgan fingerprint density at radius 2 is 1.81 bits per heavy atom. The Labute approximate surface area is 164 Å². The summed E-state index contributed by atoms with van der Waals surface area (Å²) in [6.07, 6.45) is 0.991. The van der Waals surface area contributed by atoms with E-state index in [1.54, 1.807) is 18.2 Å². The lowest BCUT2D eigenvalue weighted by Crippen LogP contribution is -2.39. The van der Waals surface area contributed by atoms with Crippen molar-refractivity contribution in [2.45, 2.75) is 32.6 Å². The highest BCUT2D eigenvalue weighted by atomic mass is 35.5. The minimum Gasteiger partial charge on any atom is -0.338 e. The van der Waals surface area contributed by atoms with Crippen molar-refractivity contribution in [1.82, 2.24) is 9.97 Å². The molecule has 2 aromatic rings. The maximum absolute atomic E-state index is 12.8. The Kier molecular flexibility index (Phi) is 4.09. The van der Waals surface area contributed by atoms with Gasteiger partial charge in [-0.15, -0.1) is 0 Å². The Bertz CT molecular complexity index is 1130. The fraction of sp³-hybridized carbons (Fsp3) is 0.316. The molecule has 0 saturated heterocycles. The number of fused-ring (bicyclic) bond motifs is 1. The van der Waals surface area contributed by atoms with Gasteiger partial charge in [0.15, 0.2) is 5.78 Å². The summed E-state index contributed by atoms with van der Waals surface area (Å²) in [6, 6.07) is 5.06. The van der Waals surface area contributed by atoms with Gasteiger partial charge in [-0.25, -0.2) is 4.79 Å². The van der Waals surface area contributed by atoms with Gasteiger partial charge in [0.25, 0.3) is 5.56 Å². The molecule has 0 unspecified atom stereocenters. The van der Waals surface area contributed by atoms with Gasteiger partial charge >= 0.3 is 5.69 Å². The summed E-state index contributed by atoms with van der Waals surface area (Å²) in [5.41, 5.74) is 0.827. The number of benzene rings is 1. The number of carbonyl (C=O) groups is 1. The Hall–Kier alpha value is -2.31. The summed E-state index contributed by atoms with van der Waals surface area (Å²) in [4.78, 5) is 42.1. The number of allylic oxidation sites excluding steroid dienone is 2. The number of rotatable bonds is 1. The Morgan fingerprint density at radius 3 is 2.52 bits per heavy atom. The third kappa shape index (κ3) is 3.03. The number of ketones is 1. The topological polar surface area (TPSA) is 94.8 Å². The molecule has 1 aliphatic carbocycles. The van der Waals surface area contributed by atoms with Crippen molar-refractivity contribution >= 4 is 34.8 Å². The Morgan fingerprint density at radius 1 is 1.07 bits per heavy atom. The molecule has 0 fully saturated rings. The predicted molar refractivity (Wildman–Crippen MR) is 105 cm³/mol. The molecule has 1 aromatic carbocycles. The van der Waals surface area contributed by atoms with Gasteiger partial charge in [0.1, 0.15) is 5.82 Å². The summed E-state index contributed by atoms with van der Waals surface area (Å²) >= 11 is 12.5. The number of hydrogen-bond acceptors (Lipinski definition) is 4. The first-order valence-corrected chi connectivity index (χ1v) is 9.26. The first-order chi connectivity index (χ1) is 12.7. The minimum absolute atomic E-state index is 0.0527. The predicted octanol–water partition coefficient (Wildman–Crippen LogP) is 3.57. The van der Waals surface area contributed by atoms with Crippen LogP contribution in [-0.4, -0.2) is 15.8 Å². The van der Waals surface area contributed by atoms with Crippen LogP contribution >= 0.6 is 23.2 Å². The minimum atomic E-state index is -0.639. The number of Topliss-reactive ketones (excluding diaryl/α,β-unsaturated/α-hetero) is 1. The Balaban J connectivity index is 2.04. The second-order valence-electron chi connectivity index (χ2n) is 7.76. The van der Waals surface area contributed by atoms with Gasteiger partial charge in [0, 0.05) is 22.4 Å². The quantitative estimate of drug-likeness (QED) is 0.675. The van der Waals surface area contributed by atoms with E-state index in [4.69, 9.17) is 23.2 Å². The van der Waals surface area contributed by atoms with Gasteiger partial charge < -0.3 is 5.32 Å². The van der Waals surface area contributed by atoms with Crippen LogP contribution in [0.2, 0.25) is 10.0 Å². The highest BCUT2D eigenvalue weighted by Crippen LogP contribution is 2.49. The van der Waals surface area contributed by atoms with Crippen molar-refractivity contribution in [2.24, 2.45) is 5.41 Å². The van der Waals surface area contributed by atoms with Crippen LogP contribution in [0.3, 0.4) is 0 Å². The van der Waals surface area contributed by atoms with Gasteiger partial charge in [-0.2, -0.15) is 0 Å². The molecule has 0 saturated carbocycles. The number of halogens is 2. The van der Waals surface area contributed by atoms with Crippen molar-refractivity contribution in [3.05, 3.63) is 71.5 Å². The summed E-state index contributed by atoms with van der Waals surface area (Å²) in [7, 11) is 0. The van der Waals surface area contributed by atoms with Gasteiger partial charge in [-0.1, -0.05) is 43.1 Å². The third-order valence-corrected chi connectivity index (χ3v) is 5.61. The van der Waals surface area contributed by atoms with E-state index in [1.165, 1.54) is 0 Å². The molecular weight excluding hydrogens is 389 g/mol. The summed E-state index contributed by atoms with van der Waals surface area (Å²) < 4.78 is 0. The highest BCUT2D eigenvalue weighted by Gasteiger charge is 2.42. The fourth-order valence-electron chi connectivity index (χ4n) is 4.01. The molecule has 140 valence electrons. The first kappa shape index (κ1) is 18.1. The molecule has 4 rings (SSSR count). The van der Waals surface area contributed by atoms with E-state index < -0.39 is 17.2 Å². The summed E-state index contributed by atoms with van der Waals surface area (Å²) in [5, 5.41) is 3.86. The van der Waals surface area contributed by atoms with Crippen LogP contribution in [0.5, 0.6) is 0 Å². The van der Waals surface area contributed by atoms with Crippen molar-refractivity contribution in [3.8, 4) is 0 Å². The van der Waals surface area contributed by atoms with Crippen LogP contribution in [-0.2, 0) is 4.79 Å². The van der Waals surface area contributed by atoms with Gasteiger partial charge in [-0.3, -0.25) is 19.6 Å². The van der Waals surface area contributed by atoms with Crippen molar-refractivity contribution < 1.29 is 4.79 Å². The van der Waals surface area contributed by atoms with Crippen LogP contribution in [0.4, 0.5) is 5.82 Å². The van der Waals surface area contributed by atoms with Crippen molar-refractivity contribution in [2.75, 3.05) is 5.32 Å². The lowest BCUT2D eigenvalue weighted by Gasteiger charge is -2.39. The standard InChI is InChI=1S/C19H17Cl2N3O3/c1-19(2)6-10-13(9-4-3-8(20)5-11(9)21)14-16(22-15(10)12(25)7-19)23-18(27)24-17(14)26/h3-5,13H,6-7H2,1-2H3,(H3,22,23,24,26,27)/t13-/m0/s1.